The Balaban J connectivity index is 1.46. The number of aryl methyl sites for hydroxylation is 2. The van der Waals surface area contributed by atoms with Crippen LogP contribution in [0.2, 0.25) is 0 Å². The smallest absolute Gasteiger partial charge is 0.170 e. The molecule has 0 bridgehead atoms. The summed E-state index contributed by atoms with van der Waals surface area (Å²) in [7, 11) is 2.05. The van der Waals surface area contributed by atoms with Gasteiger partial charge in [0.2, 0.25) is 0 Å². The molecule has 0 N–H and O–H groups in total. The molecule has 2 aromatic carbocycles. The second-order valence-corrected chi connectivity index (χ2v) is 8.06. The van der Waals surface area contributed by atoms with Crippen molar-refractivity contribution in [3.05, 3.63) is 83.6 Å². The van der Waals surface area contributed by atoms with Gasteiger partial charge < -0.3 is 13.9 Å². The first kappa shape index (κ1) is 18.7. The van der Waals surface area contributed by atoms with Gasteiger partial charge in [0.05, 0.1) is 0 Å². The van der Waals surface area contributed by atoms with Gasteiger partial charge in [-0.3, -0.25) is 4.79 Å². The lowest BCUT2D eigenvalue weighted by Crippen LogP contribution is -2.27. The van der Waals surface area contributed by atoms with Gasteiger partial charge in [-0.1, -0.05) is 30.3 Å². The summed E-state index contributed by atoms with van der Waals surface area (Å²) in [4.78, 5) is 17.8. The molecule has 0 radical (unpaired) electrons. The van der Waals surface area contributed by atoms with Gasteiger partial charge >= 0.3 is 0 Å². The third-order valence-electron chi connectivity index (χ3n) is 6.23. The summed E-state index contributed by atoms with van der Waals surface area (Å²) < 4.78 is 10.3. The van der Waals surface area contributed by atoms with Crippen LogP contribution in [0.3, 0.4) is 0 Å². The van der Waals surface area contributed by atoms with Crippen LogP contribution in [0.5, 0.6) is 5.75 Å². The van der Waals surface area contributed by atoms with Crippen LogP contribution >= 0.6 is 0 Å². The topological polar surface area (TPSA) is 49.0 Å². The van der Waals surface area contributed by atoms with Crippen LogP contribution in [-0.2, 0) is 26.6 Å². The lowest BCUT2D eigenvalue weighted by atomic mass is 9.85. The van der Waals surface area contributed by atoms with E-state index in [9.17, 15) is 4.79 Å². The largest absolute Gasteiger partial charge is 0.489 e. The Hall–Kier alpha value is -3.34. The molecule has 2 heterocycles. The van der Waals surface area contributed by atoms with Crippen molar-refractivity contribution in [1.29, 1.82) is 0 Å². The standard InChI is InChI=1S/C25H25N3O2/c1-17-26-12-13-28(17)15-19-8-10-23-24(25(19)29)21-14-20(9-11-22(21)27(23)2)30-16-18-6-4-3-5-7-18/h3-7,9,11-14,19H,8,10,15-16H2,1-2H3. The Bertz CT molecular complexity index is 1220. The van der Waals surface area contributed by atoms with E-state index in [1.165, 1.54) is 0 Å². The molecule has 5 rings (SSSR count). The predicted octanol–water partition coefficient (Wildman–Crippen LogP) is 4.71. The van der Waals surface area contributed by atoms with Crippen molar-refractivity contribution in [2.45, 2.75) is 32.9 Å². The van der Waals surface area contributed by atoms with Crippen LogP contribution in [0.15, 0.2) is 60.9 Å². The fourth-order valence-electron chi connectivity index (χ4n) is 4.53. The van der Waals surface area contributed by atoms with E-state index in [2.05, 4.69) is 39.4 Å². The highest BCUT2D eigenvalue weighted by atomic mass is 16.5. The SMILES string of the molecule is Cc1nccn1CC1CCc2c(c3cc(OCc4ccccc4)ccc3n2C)C1=O. The van der Waals surface area contributed by atoms with Crippen LogP contribution < -0.4 is 4.74 Å². The Labute approximate surface area is 175 Å². The zero-order valence-corrected chi connectivity index (χ0v) is 17.3. The molecule has 30 heavy (non-hydrogen) atoms. The average Bonchev–Trinajstić information content (AvgIpc) is 3.30. The van der Waals surface area contributed by atoms with Crippen LogP contribution in [0, 0.1) is 12.8 Å². The van der Waals surface area contributed by atoms with Crippen LogP contribution in [-0.4, -0.2) is 19.9 Å². The van der Waals surface area contributed by atoms with Crippen LogP contribution in [0.4, 0.5) is 0 Å². The van der Waals surface area contributed by atoms with Crippen molar-refractivity contribution in [1.82, 2.24) is 14.1 Å². The number of hydrogen-bond acceptors (Lipinski definition) is 3. The second kappa shape index (κ2) is 7.48. The molecule has 0 spiro atoms. The summed E-state index contributed by atoms with van der Waals surface area (Å²) in [6.45, 7) is 3.18. The lowest BCUT2D eigenvalue weighted by molar-refractivity contribution is 0.0888. The summed E-state index contributed by atoms with van der Waals surface area (Å²) in [6, 6.07) is 16.2. The molecular formula is C25H25N3O2. The minimum absolute atomic E-state index is 0.0232. The number of ketones is 1. The summed E-state index contributed by atoms with van der Waals surface area (Å²) in [5.74, 6) is 1.95. The van der Waals surface area contributed by atoms with E-state index >= 15 is 0 Å². The van der Waals surface area contributed by atoms with Crippen molar-refractivity contribution >= 4 is 16.7 Å². The zero-order chi connectivity index (χ0) is 20.7. The third-order valence-corrected chi connectivity index (χ3v) is 6.23. The van der Waals surface area contributed by atoms with Crippen molar-refractivity contribution in [2.75, 3.05) is 0 Å². The van der Waals surface area contributed by atoms with Crippen molar-refractivity contribution in [2.24, 2.45) is 13.0 Å². The molecule has 2 aromatic heterocycles. The summed E-state index contributed by atoms with van der Waals surface area (Å²) in [6.07, 6.45) is 5.52. The molecule has 1 aliphatic carbocycles. The maximum atomic E-state index is 13.5. The number of rotatable bonds is 5. The molecular weight excluding hydrogens is 374 g/mol. The predicted molar refractivity (Wildman–Crippen MR) is 117 cm³/mol. The molecule has 0 saturated heterocycles. The maximum Gasteiger partial charge on any atom is 0.170 e. The molecule has 0 aliphatic heterocycles. The van der Waals surface area contributed by atoms with E-state index in [1.54, 1.807) is 6.20 Å². The van der Waals surface area contributed by atoms with Crippen LogP contribution in [0.25, 0.3) is 10.9 Å². The molecule has 4 aromatic rings. The Morgan fingerprint density at radius 2 is 2.00 bits per heavy atom. The summed E-state index contributed by atoms with van der Waals surface area (Å²) in [5, 5.41) is 0.995. The highest BCUT2D eigenvalue weighted by Gasteiger charge is 2.32. The van der Waals surface area contributed by atoms with E-state index < -0.39 is 0 Å². The number of Topliss-reactive ketones (excluding diaryl/α,β-unsaturated/α-hetero) is 1. The fourth-order valence-corrected chi connectivity index (χ4v) is 4.53. The Morgan fingerprint density at radius 3 is 2.77 bits per heavy atom. The van der Waals surface area contributed by atoms with Crippen molar-refractivity contribution in [3.63, 3.8) is 0 Å². The normalized spacial score (nSPS) is 16.1. The number of imidazole rings is 1. The maximum absolute atomic E-state index is 13.5. The van der Waals surface area contributed by atoms with E-state index in [0.29, 0.717) is 13.2 Å². The molecule has 5 nitrogen and oxygen atoms in total. The van der Waals surface area contributed by atoms with Gasteiger partial charge in [0.25, 0.3) is 0 Å². The number of carbonyl (C=O) groups excluding carboxylic acids is 1. The molecule has 1 atom stereocenters. The van der Waals surface area contributed by atoms with Crippen molar-refractivity contribution < 1.29 is 9.53 Å². The first-order chi connectivity index (χ1) is 14.6. The molecule has 1 aliphatic rings. The highest BCUT2D eigenvalue weighted by Crippen LogP contribution is 2.36. The van der Waals surface area contributed by atoms with Gasteiger partial charge in [-0.25, -0.2) is 4.98 Å². The number of ether oxygens (including phenoxy) is 1. The van der Waals surface area contributed by atoms with Gasteiger partial charge in [-0.15, -0.1) is 0 Å². The first-order valence-corrected chi connectivity index (χ1v) is 10.4. The van der Waals surface area contributed by atoms with E-state index in [1.807, 2.05) is 43.5 Å². The minimum atomic E-state index is -0.0232. The Morgan fingerprint density at radius 1 is 1.17 bits per heavy atom. The van der Waals surface area contributed by atoms with Gasteiger partial charge in [0.1, 0.15) is 18.2 Å². The first-order valence-electron chi connectivity index (χ1n) is 10.4. The van der Waals surface area contributed by atoms with E-state index in [4.69, 9.17) is 4.74 Å². The molecule has 5 heteroatoms. The lowest BCUT2D eigenvalue weighted by Gasteiger charge is -2.23. The third kappa shape index (κ3) is 3.20. The number of fused-ring (bicyclic) bond motifs is 3. The van der Waals surface area contributed by atoms with Crippen LogP contribution in [0.1, 0.15) is 33.9 Å². The number of hydrogen-bond donors (Lipinski definition) is 0. The number of nitrogens with zero attached hydrogens (tertiary/aromatic N) is 3. The summed E-state index contributed by atoms with van der Waals surface area (Å²) in [5.41, 5.74) is 4.21. The number of aromatic nitrogens is 3. The van der Waals surface area contributed by atoms with Gasteiger partial charge in [0.15, 0.2) is 5.78 Å². The molecule has 0 fully saturated rings. The monoisotopic (exact) mass is 399 g/mol. The molecule has 1 unspecified atom stereocenters. The Kier molecular flexibility index (Phi) is 4.66. The van der Waals surface area contributed by atoms with Gasteiger partial charge in [-0.05, 0) is 43.5 Å². The minimum Gasteiger partial charge on any atom is -0.489 e. The second-order valence-electron chi connectivity index (χ2n) is 8.06. The average molecular weight is 399 g/mol. The van der Waals surface area contributed by atoms with E-state index in [0.717, 1.165) is 52.1 Å². The molecule has 0 saturated carbocycles. The van der Waals surface area contributed by atoms with Gasteiger partial charge in [-0.2, -0.15) is 0 Å². The molecule has 0 amide bonds. The van der Waals surface area contributed by atoms with Crippen molar-refractivity contribution in [3.8, 4) is 5.75 Å². The fraction of sp³-hybridized carbons (Fsp3) is 0.280. The number of benzene rings is 2. The van der Waals surface area contributed by atoms with E-state index in [-0.39, 0.29) is 11.7 Å². The quantitative estimate of drug-likeness (QED) is 0.488. The van der Waals surface area contributed by atoms with Gasteiger partial charge in [0, 0.05) is 54.1 Å². The highest BCUT2D eigenvalue weighted by molar-refractivity contribution is 6.11. The number of carbonyl (C=O) groups is 1. The summed E-state index contributed by atoms with van der Waals surface area (Å²) >= 11 is 0. The zero-order valence-electron chi connectivity index (χ0n) is 17.3. The molecule has 152 valence electrons.